The van der Waals surface area contributed by atoms with Gasteiger partial charge in [0.1, 0.15) is 6.04 Å². The highest BCUT2D eigenvalue weighted by Crippen LogP contribution is 2.23. The van der Waals surface area contributed by atoms with Gasteiger partial charge in [0.2, 0.25) is 10.0 Å². The maximum atomic E-state index is 13.4. The molecule has 32 heavy (non-hydrogen) atoms. The Balaban J connectivity index is 1.90. The van der Waals surface area contributed by atoms with Crippen LogP contribution in [0, 0.1) is 12.8 Å². The lowest BCUT2D eigenvalue weighted by Crippen LogP contribution is -2.53. The average molecular weight is 452 g/mol. The van der Waals surface area contributed by atoms with Crippen LogP contribution in [-0.4, -0.2) is 20.4 Å². The summed E-state index contributed by atoms with van der Waals surface area (Å²) in [6, 6.07) is 24.4. The minimum Gasteiger partial charge on any atom is -0.271 e. The van der Waals surface area contributed by atoms with Crippen molar-refractivity contribution < 1.29 is 13.2 Å². The van der Waals surface area contributed by atoms with Crippen molar-refractivity contribution in [3.63, 3.8) is 0 Å². The summed E-state index contributed by atoms with van der Waals surface area (Å²) in [5.41, 5.74) is 5.40. The van der Waals surface area contributed by atoms with Crippen LogP contribution in [0.25, 0.3) is 0 Å². The summed E-state index contributed by atoms with van der Waals surface area (Å²) in [4.78, 5) is 13.5. The lowest BCUT2D eigenvalue weighted by molar-refractivity contribution is -0.123. The molecule has 2 atom stereocenters. The molecule has 6 nitrogen and oxygen atoms in total. The van der Waals surface area contributed by atoms with Crippen LogP contribution in [-0.2, 0) is 14.8 Å². The summed E-state index contributed by atoms with van der Waals surface area (Å²) < 4.78 is 28.6. The topological polar surface area (TPSA) is 78.5 Å². The van der Waals surface area contributed by atoms with Crippen molar-refractivity contribution in [2.45, 2.75) is 38.1 Å². The third kappa shape index (κ3) is 5.75. The number of amides is 1. The molecule has 0 bridgehead atoms. The maximum absolute atomic E-state index is 13.4. The Kier molecular flexibility index (Phi) is 7.66. The van der Waals surface area contributed by atoms with Gasteiger partial charge in [-0.15, -0.1) is 0 Å². The first-order valence-corrected chi connectivity index (χ1v) is 12.1. The predicted molar refractivity (Wildman–Crippen MR) is 128 cm³/mol. The number of sulfonamides is 1. The highest BCUT2D eigenvalue weighted by molar-refractivity contribution is 7.89. The molecule has 0 saturated heterocycles. The zero-order valence-electron chi connectivity index (χ0n) is 18.5. The standard InChI is InChI=1S/C25H29N3O3S/c1-4-20(3)24(27-32(30,31)23-17-15-19(2)16-18-23)25(29)26-28(21-11-7-5-8-12-21)22-13-9-6-10-14-22/h5-18,20,24,27H,4H2,1-3H3,(H,26,29)/t20-,24-/m1/s1. The van der Waals surface area contributed by atoms with E-state index < -0.39 is 22.0 Å². The SMILES string of the molecule is CC[C@@H](C)[C@@H](NS(=O)(=O)c1ccc(C)cc1)C(=O)NN(c1ccccc1)c1ccccc1. The van der Waals surface area contributed by atoms with E-state index >= 15 is 0 Å². The molecule has 0 aromatic heterocycles. The molecule has 1 amide bonds. The second-order valence-electron chi connectivity index (χ2n) is 7.78. The van der Waals surface area contributed by atoms with E-state index in [2.05, 4.69) is 10.1 Å². The minimum absolute atomic E-state index is 0.132. The van der Waals surface area contributed by atoms with Crippen molar-refractivity contribution >= 4 is 27.3 Å². The Morgan fingerprint density at radius 1 is 0.875 bits per heavy atom. The molecule has 0 unspecified atom stereocenters. The molecule has 3 aromatic rings. The number of carbonyl (C=O) groups excluding carboxylic acids is 1. The normalized spacial score (nSPS) is 13.2. The molecular formula is C25H29N3O3S. The molecule has 3 aromatic carbocycles. The number of rotatable bonds is 9. The van der Waals surface area contributed by atoms with E-state index in [1.807, 2.05) is 81.4 Å². The number of hydrogen-bond donors (Lipinski definition) is 2. The zero-order valence-corrected chi connectivity index (χ0v) is 19.3. The van der Waals surface area contributed by atoms with Crippen LogP contribution in [0.1, 0.15) is 25.8 Å². The van der Waals surface area contributed by atoms with Crippen LogP contribution in [0.5, 0.6) is 0 Å². The minimum atomic E-state index is -3.87. The lowest BCUT2D eigenvalue weighted by atomic mass is 10.00. The molecule has 0 aliphatic rings. The molecule has 0 saturated carbocycles. The number of nitrogens with zero attached hydrogens (tertiary/aromatic N) is 1. The third-order valence-electron chi connectivity index (χ3n) is 5.36. The van der Waals surface area contributed by atoms with Gasteiger partial charge < -0.3 is 0 Å². The zero-order chi connectivity index (χ0) is 23.1. The van der Waals surface area contributed by atoms with Gasteiger partial charge in [0.05, 0.1) is 16.3 Å². The molecule has 0 heterocycles. The lowest BCUT2D eigenvalue weighted by Gasteiger charge is -2.30. The number of anilines is 2. The van der Waals surface area contributed by atoms with Gasteiger partial charge in [-0.1, -0.05) is 74.4 Å². The van der Waals surface area contributed by atoms with Gasteiger partial charge in [-0.2, -0.15) is 4.72 Å². The molecule has 3 rings (SSSR count). The van der Waals surface area contributed by atoms with E-state index in [1.54, 1.807) is 29.3 Å². The van der Waals surface area contributed by atoms with E-state index in [0.29, 0.717) is 6.42 Å². The van der Waals surface area contributed by atoms with Crippen LogP contribution in [0.3, 0.4) is 0 Å². The summed E-state index contributed by atoms with van der Waals surface area (Å²) >= 11 is 0. The summed E-state index contributed by atoms with van der Waals surface area (Å²) in [6.45, 7) is 5.68. The van der Waals surface area contributed by atoms with Crippen LogP contribution in [0.2, 0.25) is 0 Å². The fraction of sp³-hybridized carbons (Fsp3) is 0.240. The highest BCUT2D eigenvalue weighted by Gasteiger charge is 2.31. The number of para-hydroxylation sites is 2. The number of carbonyl (C=O) groups is 1. The number of benzene rings is 3. The Hall–Kier alpha value is -3.16. The van der Waals surface area contributed by atoms with Gasteiger partial charge in [0.25, 0.3) is 5.91 Å². The van der Waals surface area contributed by atoms with Gasteiger partial charge in [0.15, 0.2) is 0 Å². The Labute approximate surface area is 190 Å². The van der Waals surface area contributed by atoms with E-state index in [0.717, 1.165) is 16.9 Å². The van der Waals surface area contributed by atoms with E-state index in [4.69, 9.17) is 0 Å². The molecule has 0 spiro atoms. The monoisotopic (exact) mass is 451 g/mol. The largest absolute Gasteiger partial charge is 0.271 e. The molecule has 2 N–H and O–H groups in total. The predicted octanol–water partition coefficient (Wildman–Crippen LogP) is 4.56. The van der Waals surface area contributed by atoms with Gasteiger partial charge in [-0.05, 0) is 49.2 Å². The number of hydrazine groups is 1. The van der Waals surface area contributed by atoms with Crippen molar-refractivity contribution in [2.75, 3.05) is 5.01 Å². The molecule has 0 aliphatic carbocycles. The summed E-state index contributed by atoms with van der Waals surface area (Å²) in [5, 5.41) is 1.66. The summed E-state index contributed by atoms with van der Waals surface area (Å²) in [5.74, 6) is -0.647. The fourth-order valence-corrected chi connectivity index (χ4v) is 4.53. The van der Waals surface area contributed by atoms with E-state index in [-0.39, 0.29) is 10.8 Å². The maximum Gasteiger partial charge on any atom is 0.257 e. The van der Waals surface area contributed by atoms with E-state index in [1.165, 1.54) is 0 Å². The van der Waals surface area contributed by atoms with Crippen molar-refractivity contribution in [1.29, 1.82) is 0 Å². The molecule has 0 fully saturated rings. The second kappa shape index (κ2) is 10.4. The van der Waals surface area contributed by atoms with Crippen molar-refractivity contribution in [2.24, 2.45) is 5.92 Å². The van der Waals surface area contributed by atoms with Crippen LogP contribution in [0.15, 0.2) is 89.8 Å². The molecule has 0 radical (unpaired) electrons. The second-order valence-corrected chi connectivity index (χ2v) is 9.49. The quantitative estimate of drug-likeness (QED) is 0.468. The van der Waals surface area contributed by atoms with E-state index in [9.17, 15) is 13.2 Å². The molecule has 0 aliphatic heterocycles. The summed E-state index contributed by atoms with van der Waals surface area (Å²) in [7, 11) is -3.87. The average Bonchev–Trinajstić information content (AvgIpc) is 2.81. The fourth-order valence-electron chi connectivity index (χ4n) is 3.23. The van der Waals surface area contributed by atoms with Crippen molar-refractivity contribution in [3.05, 3.63) is 90.5 Å². The molecule has 168 valence electrons. The van der Waals surface area contributed by atoms with Gasteiger partial charge >= 0.3 is 0 Å². The van der Waals surface area contributed by atoms with Gasteiger partial charge in [-0.25, -0.2) is 8.42 Å². The number of nitrogens with one attached hydrogen (secondary N) is 2. The molecule has 7 heteroatoms. The number of hydrogen-bond acceptors (Lipinski definition) is 4. The van der Waals surface area contributed by atoms with Gasteiger partial charge in [0, 0.05) is 0 Å². The Morgan fingerprint density at radius 2 is 1.38 bits per heavy atom. The Bertz CT molecular complexity index is 1080. The first kappa shape index (κ1) is 23.5. The third-order valence-corrected chi connectivity index (χ3v) is 6.82. The smallest absolute Gasteiger partial charge is 0.257 e. The highest BCUT2D eigenvalue weighted by atomic mass is 32.2. The first-order valence-electron chi connectivity index (χ1n) is 10.6. The summed E-state index contributed by atoms with van der Waals surface area (Å²) in [6.07, 6.45) is 0.630. The molecular weight excluding hydrogens is 422 g/mol. The number of aryl methyl sites for hydroxylation is 1. The van der Waals surface area contributed by atoms with Crippen molar-refractivity contribution in [1.82, 2.24) is 10.1 Å². The Morgan fingerprint density at radius 3 is 1.84 bits per heavy atom. The van der Waals surface area contributed by atoms with Crippen LogP contribution in [0.4, 0.5) is 11.4 Å². The van der Waals surface area contributed by atoms with Gasteiger partial charge in [-0.3, -0.25) is 15.2 Å². The van der Waals surface area contributed by atoms with Crippen LogP contribution >= 0.6 is 0 Å². The van der Waals surface area contributed by atoms with Crippen LogP contribution < -0.4 is 15.2 Å². The first-order chi connectivity index (χ1) is 15.3. The van der Waals surface area contributed by atoms with Crippen molar-refractivity contribution in [3.8, 4) is 0 Å².